The van der Waals surface area contributed by atoms with E-state index >= 15 is 0 Å². The number of hydrogen-bond donors (Lipinski definition) is 2. The summed E-state index contributed by atoms with van der Waals surface area (Å²) < 4.78 is 5.22. The number of pyridine rings is 2. The first-order valence-electron chi connectivity index (χ1n) is 8.48. The number of nitrogens with two attached hydrogens (primary N) is 1. The number of aliphatic imine (C=N–C) groups is 1. The van der Waals surface area contributed by atoms with E-state index < -0.39 is 0 Å². The minimum absolute atomic E-state index is 0.110. The molecule has 3 rings (SSSR count). The molecule has 0 aliphatic heterocycles. The molecule has 0 aliphatic carbocycles. The average molecular weight is 379 g/mol. The summed E-state index contributed by atoms with van der Waals surface area (Å²) in [7, 11) is 1.64. The summed E-state index contributed by atoms with van der Waals surface area (Å²) >= 11 is 1.15. The van der Waals surface area contributed by atoms with Gasteiger partial charge in [-0.05, 0) is 47.7 Å². The third kappa shape index (κ3) is 4.43. The fraction of sp³-hybridized carbons (Fsp3) is 0.200. The third-order valence-electron chi connectivity index (χ3n) is 3.93. The highest BCUT2D eigenvalue weighted by molar-refractivity contribution is 8.26. The molecule has 0 saturated heterocycles. The van der Waals surface area contributed by atoms with Crippen LogP contribution < -0.4 is 10.5 Å². The zero-order valence-electron chi connectivity index (χ0n) is 15.4. The molecule has 2 heterocycles. The summed E-state index contributed by atoms with van der Waals surface area (Å²) in [5.74, 6) is 1.40. The van der Waals surface area contributed by atoms with E-state index in [0.717, 1.165) is 39.7 Å². The molecule has 2 aromatic heterocycles. The Morgan fingerprint density at radius 3 is 2.56 bits per heavy atom. The molecule has 6 nitrogen and oxygen atoms in total. The number of aromatic nitrogens is 2. The van der Waals surface area contributed by atoms with Gasteiger partial charge in [-0.25, -0.2) is 9.98 Å². The van der Waals surface area contributed by atoms with Crippen molar-refractivity contribution < 1.29 is 4.74 Å². The van der Waals surface area contributed by atoms with Gasteiger partial charge in [-0.15, -0.1) is 0 Å². The van der Waals surface area contributed by atoms with Gasteiger partial charge in [0, 0.05) is 17.7 Å². The number of rotatable bonds is 4. The lowest BCUT2D eigenvalue weighted by Gasteiger charge is -2.08. The van der Waals surface area contributed by atoms with Crippen molar-refractivity contribution in [2.45, 2.75) is 13.8 Å². The smallest absolute Gasteiger partial charge is 0.166 e. The number of ether oxygens (including phenoxy) is 1. The Kier molecular flexibility index (Phi) is 5.71. The van der Waals surface area contributed by atoms with Crippen LogP contribution in [0.3, 0.4) is 0 Å². The minimum Gasteiger partial charge on any atom is -0.497 e. The van der Waals surface area contributed by atoms with E-state index in [0.29, 0.717) is 16.0 Å². The van der Waals surface area contributed by atoms with Crippen molar-refractivity contribution >= 4 is 38.8 Å². The summed E-state index contributed by atoms with van der Waals surface area (Å²) in [6.07, 6.45) is 1.76. The van der Waals surface area contributed by atoms with Crippen molar-refractivity contribution in [3.8, 4) is 16.9 Å². The van der Waals surface area contributed by atoms with E-state index in [1.165, 1.54) is 0 Å². The summed E-state index contributed by atoms with van der Waals surface area (Å²) in [5, 5.41) is 8.68. The lowest BCUT2D eigenvalue weighted by molar-refractivity contribution is 0.415. The van der Waals surface area contributed by atoms with Gasteiger partial charge in [-0.2, -0.15) is 0 Å². The van der Waals surface area contributed by atoms with E-state index in [1.54, 1.807) is 19.4 Å². The molecule has 138 valence electrons. The Balaban J connectivity index is 1.99. The first-order valence-corrected chi connectivity index (χ1v) is 9.30. The van der Waals surface area contributed by atoms with E-state index in [-0.39, 0.29) is 5.92 Å². The van der Waals surface area contributed by atoms with Gasteiger partial charge in [-0.3, -0.25) is 10.4 Å². The summed E-state index contributed by atoms with van der Waals surface area (Å²) in [4.78, 5) is 13.4. The molecular weight excluding hydrogens is 358 g/mol. The highest BCUT2D eigenvalue weighted by Gasteiger charge is 2.09. The maximum Gasteiger partial charge on any atom is 0.166 e. The molecule has 0 bridgehead atoms. The molecule has 0 unspecified atom stereocenters. The molecule has 0 spiro atoms. The molecule has 27 heavy (non-hydrogen) atoms. The second-order valence-electron chi connectivity index (χ2n) is 6.20. The van der Waals surface area contributed by atoms with Crippen molar-refractivity contribution in [3.05, 3.63) is 48.7 Å². The fourth-order valence-electron chi connectivity index (χ4n) is 2.45. The Bertz CT molecular complexity index is 999. The monoisotopic (exact) mass is 379 g/mol. The standard InChI is InChI=1S/C20H21N5OS/c1-12(2)19(21)27-20(22)25-17-9-8-16-18(24-17)15(10-11-23-16)13-4-6-14(26-3)7-5-13/h4-12,21H,1-3H3,(H2,22,24,25). The van der Waals surface area contributed by atoms with Gasteiger partial charge in [0.25, 0.3) is 0 Å². The molecule has 3 aromatic rings. The van der Waals surface area contributed by atoms with Crippen LogP contribution in [0.1, 0.15) is 13.8 Å². The second kappa shape index (κ2) is 8.18. The number of hydrogen-bond acceptors (Lipinski definition) is 6. The molecule has 0 atom stereocenters. The van der Waals surface area contributed by atoms with Crippen LogP contribution in [0.5, 0.6) is 5.75 Å². The molecular formula is C20H21N5OS. The van der Waals surface area contributed by atoms with Crippen molar-refractivity contribution in [1.82, 2.24) is 9.97 Å². The molecule has 0 saturated carbocycles. The Hall–Kier alpha value is -2.93. The van der Waals surface area contributed by atoms with Crippen molar-refractivity contribution in [2.24, 2.45) is 16.6 Å². The molecule has 1 aromatic carbocycles. The number of benzene rings is 1. The Morgan fingerprint density at radius 1 is 1.15 bits per heavy atom. The van der Waals surface area contributed by atoms with Crippen LogP contribution in [0, 0.1) is 11.3 Å². The molecule has 0 amide bonds. The van der Waals surface area contributed by atoms with Gasteiger partial charge in [0.1, 0.15) is 5.75 Å². The van der Waals surface area contributed by atoms with Crippen LogP contribution in [-0.2, 0) is 0 Å². The number of methoxy groups -OCH3 is 1. The maximum absolute atomic E-state index is 7.91. The van der Waals surface area contributed by atoms with E-state index in [4.69, 9.17) is 15.9 Å². The fourth-order valence-corrected chi connectivity index (χ4v) is 3.05. The van der Waals surface area contributed by atoms with Crippen LogP contribution in [0.15, 0.2) is 53.7 Å². The molecule has 7 heteroatoms. The van der Waals surface area contributed by atoms with Gasteiger partial charge in [0.15, 0.2) is 11.0 Å². The number of amidine groups is 1. The predicted molar refractivity (Wildman–Crippen MR) is 113 cm³/mol. The lowest BCUT2D eigenvalue weighted by atomic mass is 10.0. The molecule has 0 fully saturated rings. The summed E-state index contributed by atoms with van der Waals surface area (Å²) in [5.41, 5.74) is 9.48. The van der Waals surface area contributed by atoms with Crippen LogP contribution in [0.4, 0.5) is 5.82 Å². The molecule has 3 N–H and O–H groups in total. The first kappa shape index (κ1) is 18.8. The average Bonchev–Trinajstić information content (AvgIpc) is 2.67. The van der Waals surface area contributed by atoms with E-state index in [9.17, 15) is 0 Å². The lowest BCUT2D eigenvalue weighted by Crippen LogP contribution is -2.12. The number of fused-ring (bicyclic) bond motifs is 1. The number of nitrogens with zero attached hydrogens (tertiary/aromatic N) is 3. The zero-order chi connectivity index (χ0) is 19.4. The van der Waals surface area contributed by atoms with Gasteiger partial charge in [-0.1, -0.05) is 26.0 Å². The van der Waals surface area contributed by atoms with Crippen molar-refractivity contribution in [2.75, 3.05) is 7.11 Å². The first-order chi connectivity index (χ1) is 13.0. The van der Waals surface area contributed by atoms with Crippen LogP contribution in [-0.4, -0.2) is 27.3 Å². The van der Waals surface area contributed by atoms with Crippen molar-refractivity contribution in [1.29, 1.82) is 5.41 Å². The van der Waals surface area contributed by atoms with Gasteiger partial charge >= 0.3 is 0 Å². The molecule has 0 aliphatic rings. The highest BCUT2D eigenvalue weighted by atomic mass is 32.2. The minimum atomic E-state index is 0.110. The van der Waals surface area contributed by atoms with Crippen LogP contribution in [0.25, 0.3) is 22.2 Å². The second-order valence-corrected chi connectivity index (χ2v) is 7.26. The Morgan fingerprint density at radius 2 is 1.89 bits per heavy atom. The number of nitrogens with one attached hydrogen (secondary N) is 1. The largest absolute Gasteiger partial charge is 0.497 e. The maximum atomic E-state index is 7.91. The summed E-state index contributed by atoms with van der Waals surface area (Å²) in [6, 6.07) is 13.4. The number of thioether (sulfide) groups is 1. The van der Waals surface area contributed by atoms with Crippen LogP contribution in [0.2, 0.25) is 0 Å². The predicted octanol–water partition coefficient (Wildman–Crippen LogP) is 4.62. The van der Waals surface area contributed by atoms with E-state index in [2.05, 4.69) is 15.0 Å². The topological polar surface area (TPSA) is 97.2 Å². The van der Waals surface area contributed by atoms with Crippen LogP contribution >= 0.6 is 11.8 Å². The zero-order valence-corrected chi connectivity index (χ0v) is 16.2. The van der Waals surface area contributed by atoms with Crippen molar-refractivity contribution in [3.63, 3.8) is 0 Å². The van der Waals surface area contributed by atoms with Gasteiger partial charge in [0.05, 0.1) is 23.2 Å². The molecule has 0 radical (unpaired) electrons. The van der Waals surface area contributed by atoms with Gasteiger partial charge in [0.2, 0.25) is 0 Å². The quantitative estimate of drug-likeness (QED) is 0.509. The SMILES string of the molecule is COc1ccc(-c2ccnc3ccc(N=C(N)SC(=N)C(C)C)nc23)cc1. The third-order valence-corrected chi connectivity index (χ3v) is 4.93. The summed E-state index contributed by atoms with van der Waals surface area (Å²) in [6.45, 7) is 3.90. The highest BCUT2D eigenvalue weighted by Crippen LogP contribution is 2.29. The van der Waals surface area contributed by atoms with E-state index in [1.807, 2.05) is 50.2 Å². The van der Waals surface area contributed by atoms with Gasteiger partial charge < -0.3 is 10.5 Å². The normalized spacial score (nSPS) is 11.8. The Labute approximate surface area is 162 Å².